The molecule has 1 unspecified atom stereocenters. The zero-order valence-corrected chi connectivity index (χ0v) is 18.8. The first-order valence-electron chi connectivity index (χ1n) is 10.2. The maximum absolute atomic E-state index is 12.7. The number of benzene rings is 2. The molecular weight excluding hydrogens is 449 g/mol. The minimum Gasteiger partial charge on any atom is -0.457 e. The Morgan fingerprint density at radius 2 is 1.72 bits per heavy atom. The lowest BCUT2D eigenvalue weighted by atomic mass is 9.88. The van der Waals surface area contributed by atoms with E-state index in [9.17, 15) is 9.59 Å². The van der Waals surface area contributed by atoms with E-state index in [0.29, 0.717) is 33.5 Å². The topological polar surface area (TPSA) is 80.3 Å². The normalized spacial score (nSPS) is 14.9. The highest BCUT2D eigenvalue weighted by Gasteiger charge is 2.22. The summed E-state index contributed by atoms with van der Waals surface area (Å²) in [7, 11) is 1.55. The van der Waals surface area contributed by atoms with Gasteiger partial charge < -0.3 is 15.4 Å². The summed E-state index contributed by atoms with van der Waals surface area (Å²) in [6, 6.07) is 14.0. The van der Waals surface area contributed by atoms with Crippen LogP contribution in [-0.2, 0) is 12.8 Å². The number of fused-ring (bicyclic) bond motifs is 1. The molecule has 0 bridgehead atoms. The Kier molecular flexibility index (Phi) is 6.63. The van der Waals surface area contributed by atoms with Gasteiger partial charge in [0.25, 0.3) is 11.8 Å². The summed E-state index contributed by atoms with van der Waals surface area (Å²) in [5, 5.41) is 6.47. The first kappa shape index (κ1) is 22.1. The van der Waals surface area contributed by atoms with Crippen LogP contribution in [0.1, 0.15) is 38.4 Å². The Bertz CT molecular complexity index is 1160. The second-order valence-corrected chi connectivity index (χ2v) is 8.43. The lowest BCUT2D eigenvalue weighted by molar-refractivity contribution is 0.0931. The average Bonchev–Trinajstić information content (AvgIpc) is 2.78. The summed E-state index contributed by atoms with van der Waals surface area (Å²) in [5.41, 5.74) is 3.07. The number of aryl methyl sites for hydroxylation is 1. The molecule has 1 aliphatic rings. The van der Waals surface area contributed by atoms with Gasteiger partial charge in [-0.2, -0.15) is 0 Å². The number of nitrogens with zero attached hydrogens (tertiary/aromatic N) is 1. The Labute approximate surface area is 195 Å². The van der Waals surface area contributed by atoms with E-state index < -0.39 is 0 Å². The van der Waals surface area contributed by atoms with Crippen molar-refractivity contribution in [1.29, 1.82) is 0 Å². The number of nitrogens with one attached hydrogen (secondary N) is 2. The van der Waals surface area contributed by atoms with Crippen LogP contribution >= 0.6 is 23.2 Å². The summed E-state index contributed by atoms with van der Waals surface area (Å²) < 4.78 is 5.96. The fourth-order valence-corrected chi connectivity index (χ4v) is 4.26. The molecule has 0 saturated carbocycles. The van der Waals surface area contributed by atoms with Crippen molar-refractivity contribution in [3.63, 3.8) is 0 Å². The van der Waals surface area contributed by atoms with Crippen molar-refractivity contribution in [1.82, 2.24) is 15.6 Å². The Morgan fingerprint density at radius 1 is 0.969 bits per heavy atom. The SMILES string of the molecule is CNC(=O)c1cc(Oc2ccc3c(c2)CC(NC(=O)c2cc(Cl)cc(Cl)c2)CC3)ccn1. The van der Waals surface area contributed by atoms with Crippen molar-refractivity contribution >= 4 is 35.0 Å². The molecule has 8 heteroatoms. The number of carbonyl (C=O) groups excluding carboxylic acids is 2. The maximum Gasteiger partial charge on any atom is 0.269 e. The van der Waals surface area contributed by atoms with E-state index in [4.69, 9.17) is 27.9 Å². The standard InChI is InChI=1S/C24H21Cl2N3O3/c1-27-24(31)22-13-21(6-7-28-22)32-20-5-3-14-2-4-19(10-15(14)11-20)29-23(30)16-8-17(25)12-18(26)9-16/h3,5-9,11-13,19H,2,4,10H2,1H3,(H,27,31)(H,29,30). The molecule has 1 aromatic heterocycles. The van der Waals surface area contributed by atoms with E-state index in [1.54, 1.807) is 37.4 Å². The summed E-state index contributed by atoms with van der Waals surface area (Å²) in [6.07, 6.45) is 3.92. The smallest absolute Gasteiger partial charge is 0.269 e. The van der Waals surface area contributed by atoms with Crippen LogP contribution in [0.15, 0.2) is 54.7 Å². The van der Waals surface area contributed by atoms with E-state index >= 15 is 0 Å². The number of ether oxygens (including phenoxy) is 1. The van der Waals surface area contributed by atoms with Crippen LogP contribution in [0.25, 0.3) is 0 Å². The van der Waals surface area contributed by atoms with E-state index in [0.717, 1.165) is 18.4 Å². The molecule has 0 saturated heterocycles. The van der Waals surface area contributed by atoms with Crippen LogP contribution in [0.3, 0.4) is 0 Å². The highest BCUT2D eigenvalue weighted by molar-refractivity contribution is 6.35. The number of amides is 2. The Balaban J connectivity index is 1.46. The van der Waals surface area contributed by atoms with Crippen molar-refractivity contribution in [3.05, 3.63) is 87.2 Å². The molecule has 2 N–H and O–H groups in total. The van der Waals surface area contributed by atoms with Gasteiger partial charge in [-0.3, -0.25) is 14.6 Å². The third-order valence-corrected chi connectivity index (χ3v) is 5.73. The first-order chi connectivity index (χ1) is 15.4. The van der Waals surface area contributed by atoms with Gasteiger partial charge in [-0.1, -0.05) is 29.3 Å². The average molecular weight is 470 g/mol. The van der Waals surface area contributed by atoms with Gasteiger partial charge in [-0.25, -0.2) is 0 Å². The van der Waals surface area contributed by atoms with Crippen LogP contribution in [0.4, 0.5) is 0 Å². The number of hydrogen-bond donors (Lipinski definition) is 2. The third kappa shape index (κ3) is 5.21. The van der Waals surface area contributed by atoms with Gasteiger partial charge in [0, 0.05) is 41.0 Å². The molecule has 0 radical (unpaired) electrons. The summed E-state index contributed by atoms with van der Waals surface area (Å²) in [4.78, 5) is 28.5. The molecule has 164 valence electrons. The van der Waals surface area contributed by atoms with Gasteiger partial charge in [0.2, 0.25) is 0 Å². The van der Waals surface area contributed by atoms with Gasteiger partial charge >= 0.3 is 0 Å². The molecule has 1 heterocycles. The number of rotatable bonds is 5. The van der Waals surface area contributed by atoms with E-state index in [1.807, 2.05) is 18.2 Å². The van der Waals surface area contributed by atoms with Gasteiger partial charge in [-0.05, 0) is 66.8 Å². The molecule has 2 amide bonds. The van der Waals surface area contributed by atoms with Gasteiger partial charge in [-0.15, -0.1) is 0 Å². The largest absolute Gasteiger partial charge is 0.457 e. The van der Waals surface area contributed by atoms with Crippen LogP contribution in [0.2, 0.25) is 10.0 Å². The molecule has 0 fully saturated rings. The zero-order valence-electron chi connectivity index (χ0n) is 17.3. The fraction of sp³-hybridized carbons (Fsp3) is 0.208. The van der Waals surface area contributed by atoms with Crippen LogP contribution in [0, 0.1) is 0 Å². The molecule has 6 nitrogen and oxygen atoms in total. The molecule has 0 aliphatic heterocycles. The second-order valence-electron chi connectivity index (χ2n) is 7.56. The van der Waals surface area contributed by atoms with Crippen LogP contribution < -0.4 is 15.4 Å². The highest BCUT2D eigenvalue weighted by atomic mass is 35.5. The number of aromatic nitrogens is 1. The van der Waals surface area contributed by atoms with Crippen molar-refractivity contribution < 1.29 is 14.3 Å². The molecular formula is C24H21Cl2N3O3. The van der Waals surface area contributed by atoms with Crippen LogP contribution in [0.5, 0.6) is 11.5 Å². The van der Waals surface area contributed by atoms with Crippen molar-refractivity contribution in [2.75, 3.05) is 7.05 Å². The molecule has 1 atom stereocenters. The zero-order chi connectivity index (χ0) is 22.7. The quantitative estimate of drug-likeness (QED) is 0.560. The monoisotopic (exact) mass is 469 g/mol. The number of carbonyl (C=O) groups is 2. The fourth-order valence-electron chi connectivity index (χ4n) is 3.74. The molecule has 4 rings (SSSR count). The lowest BCUT2D eigenvalue weighted by Gasteiger charge is -2.26. The predicted molar refractivity (Wildman–Crippen MR) is 124 cm³/mol. The molecule has 1 aliphatic carbocycles. The highest BCUT2D eigenvalue weighted by Crippen LogP contribution is 2.29. The van der Waals surface area contributed by atoms with E-state index in [2.05, 4.69) is 15.6 Å². The van der Waals surface area contributed by atoms with Gasteiger partial charge in [0.1, 0.15) is 17.2 Å². The first-order valence-corrected chi connectivity index (χ1v) is 10.9. The minimum atomic E-state index is -0.277. The Hall–Kier alpha value is -3.09. The molecule has 32 heavy (non-hydrogen) atoms. The number of hydrogen-bond acceptors (Lipinski definition) is 4. The molecule has 2 aromatic carbocycles. The number of halogens is 2. The van der Waals surface area contributed by atoms with Crippen molar-refractivity contribution in [2.45, 2.75) is 25.3 Å². The predicted octanol–water partition coefficient (Wildman–Crippen LogP) is 4.83. The summed E-state index contributed by atoms with van der Waals surface area (Å²) in [5.74, 6) is 0.706. The van der Waals surface area contributed by atoms with E-state index in [-0.39, 0.29) is 23.6 Å². The third-order valence-electron chi connectivity index (χ3n) is 5.29. The maximum atomic E-state index is 12.7. The minimum absolute atomic E-state index is 0.0104. The van der Waals surface area contributed by atoms with Crippen molar-refractivity contribution in [2.24, 2.45) is 0 Å². The van der Waals surface area contributed by atoms with Gasteiger partial charge in [0.05, 0.1) is 0 Å². The Morgan fingerprint density at radius 3 is 2.47 bits per heavy atom. The van der Waals surface area contributed by atoms with Crippen molar-refractivity contribution in [3.8, 4) is 11.5 Å². The second kappa shape index (κ2) is 9.59. The van der Waals surface area contributed by atoms with Crippen LogP contribution in [-0.4, -0.2) is 29.9 Å². The summed E-state index contributed by atoms with van der Waals surface area (Å²) >= 11 is 12.0. The summed E-state index contributed by atoms with van der Waals surface area (Å²) in [6.45, 7) is 0. The molecule has 3 aromatic rings. The molecule has 0 spiro atoms. The lowest BCUT2D eigenvalue weighted by Crippen LogP contribution is -2.38. The van der Waals surface area contributed by atoms with Gasteiger partial charge in [0.15, 0.2) is 0 Å². The van der Waals surface area contributed by atoms with E-state index in [1.165, 1.54) is 11.8 Å². The number of pyridine rings is 1.